The van der Waals surface area contributed by atoms with Crippen LogP contribution in [-0.4, -0.2) is 48.8 Å². The maximum Gasteiger partial charge on any atom is 0.319 e. The fourth-order valence-electron chi connectivity index (χ4n) is 3.82. The van der Waals surface area contributed by atoms with Crippen molar-refractivity contribution < 1.29 is 14.3 Å². The Morgan fingerprint density at radius 2 is 1.90 bits per heavy atom. The van der Waals surface area contributed by atoms with E-state index in [9.17, 15) is 4.79 Å². The summed E-state index contributed by atoms with van der Waals surface area (Å²) in [6, 6.07) is 7.39. The quantitative estimate of drug-likeness (QED) is 0.785. The molecule has 8 heteroatoms. The maximum absolute atomic E-state index is 11.7. The Kier molecular flexibility index (Phi) is 5.87. The van der Waals surface area contributed by atoms with Gasteiger partial charge in [0, 0.05) is 36.4 Å². The third-order valence-electron chi connectivity index (χ3n) is 5.74. The van der Waals surface area contributed by atoms with Crippen LogP contribution in [-0.2, 0) is 21.7 Å². The summed E-state index contributed by atoms with van der Waals surface area (Å²) in [6.45, 7) is 10.2. The summed E-state index contributed by atoms with van der Waals surface area (Å²) in [7, 11) is 0. The van der Waals surface area contributed by atoms with Crippen LogP contribution in [0.2, 0.25) is 0 Å². The van der Waals surface area contributed by atoms with Gasteiger partial charge >= 0.3 is 6.03 Å². The molecule has 8 nitrogen and oxygen atoms in total. The highest BCUT2D eigenvalue weighted by Gasteiger charge is 2.39. The Morgan fingerprint density at radius 1 is 1.17 bits per heavy atom. The van der Waals surface area contributed by atoms with Crippen LogP contribution >= 0.6 is 0 Å². The van der Waals surface area contributed by atoms with Crippen LogP contribution in [0.1, 0.15) is 38.4 Å². The van der Waals surface area contributed by atoms with Gasteiger partial charge in [0.15, 0.2) is 5.82 Å². The van der Waals surface area contributed by atoms with Crippen LogP contribution in [0.15, 0.2) is 24.3 Å². The van der Waals surface area contributed by atoms with Crippen molar-refractivity contribution in [3.63, 3.8) is 0 Å². The Balaban J connectivity index is 1.69. The van der Waals surface area contributed by atoms with E-state index in [1.165, 1.54) is 0 Å². The van der Waals surface area contributed by atoms with E-state index >= 15 is 0 Å². The second-order valence-electron chi connectivity index (χ2n) is 7.73. The van der Waals surface area contributed by atoms with E-state index in [0.717, 1.165) is 47.8 Å². The lowest BCUT2D eigenvalue weighted by molar-refractivity contribution is -0.0281. The molecule has 1 aromatic carbocycles. The lowest BCUT2D eigenvalue weighted by atomic mass is 9.97. The first-order valence-electron chi connectivity index (χ1n) is 10.6. The van der Waals surface area contributed by atoms with Gasteiger partial charge in [-0.25, -0.2) is 14.8 Å². The molecule has 1 unspecified atom stereocenters. The minimum absolute atomic E-state index is 0.218. The Morgan fingerprint density at radius 3 is 2.57 bits per heavy atom. The molecule has 0 saturated carbocycles. The van der Waals surface area contributed by atoms with E-state index in [1.54, 1.807) is 0 Å². The van der Waals surface area contributed by atoms with Crippen molar-refractivity contribution in [1.82, 2.24) is 15.3 Å². The number of rotatable bonds is 5. The Bertz CT molecular complexity index is 912. The summed E-state index contributed by atoms with van der Waals surface area (Å²) in [4.78, 5) is 23.9. The van der Waals surface area contributed by atoms with Crippen LogP contribution < -0.4 is 15.5 Å². The topological polar surface area (TPSA) is 88.6 Å². The largest absolute Gasteiger partial charge is 0.378 e. The molecule has 0 bridgehead atoms. The van der Waals surface area contributed by atoms with Crippen LogP contribution in [0.5, 0.6) is 0 Å². The van der Waals surface area contributed by atoms with E-state index in [0.29, 0.717) is 32.2 Å². The molecule has 0 spiro atoms. The number of nitrogens with one attached hydrogen (secondary N) is 2. The zero-order valence-corrected chi connectivity index (χ0v) is 17.8. The average molecular weight is 412 g/mol. The molecule has 4 rings (SSSR count). The van der Waals surface area contributed by atoms with Gasteiger partial charge in [-0.2, -0.15) is 0 Å². The molecule has 1 atom stereocenters. The summed E-state index contributed by atoms with van der Waals surface area (Å²) in [5.41, 5.74) is 3.27. The Labute approximate surface area is 177 Å². The smallest absolute Gasteiger partial charge is 0.319 e. The number of ether oxygens (including phenoxy) is 2. The van der Waals surface area contributed by atoms with Gasteiger partial charge in [0.25, 0.3) is 0 Å². The summed E-state index contributed by atoms with van der Waals surface area (Å²) < 4.78 is 11.7. The predicted molar refractivity (Wildman–Crippen MR) is 116 cm³/mol. The molecule has 2 aromatic rings. The summed E-state index contributed by atoms with van der Waals surface area (Å²) in [5, 5.41) is 5.54. The molecule has 3 heterocycles. The van der Waals surface area contributed by atoms with Crippen LogP contribution in [0, 0.1) is 0 Å². The van der Waals surface area contributed by atoms with Crippen LogP contribution in [0.4, 0.5) is 16.3 Å². The van der Waals surface area contributed by atoms with Gasteiger partial charge in [0.2, 0.25) is 0 Å². The second kappa shape index (κ2) is 8.57. The number of carbonyl (C=O) groups is 1. The number of morpholine rings is 1. The van der Waals surface area contributed by atoms with Gasteiger partial charge in [0.05, 0.1) is 25.5 Å². The zero-order valence-electron chi connectivity index (χ0n) is 17.8. The van der Waals surface area contributed by atoms with Gasteiger partial charge in [0.1, 0.15) is 11.4 Å². The van der Waals surface area contributed by atoms with E-state index in [-0.39, 0.29) is 6.03 Å². The number of anilines is 2. The van der Waals surface area contributed by atoms with Crippen molar-refractivity contribution in [3.05, 3.63) is 35.5 Å². The molecule has 30 heavy (non-hydrogen) atoms. The molecule has 0 aliphatic carbocycles. The molecule has 1 saturated heterocycles. The van der Waals surface area contributed by atoms with Crippen molar-refractivity contribution in [1.29, 1.82) is 0 Å². The van der Waals surface area contributed by atoms with E-state index in [4.69, 9.17) is 19.4 Å². The number of amides is 2. The lowest BCUT2D eigenvalue weighted by Gasteiger charge is -2.30. The molecule has 160 valence electrons. The number of hydrogen-bond acceptors (Lipinski definition) is 6. The molecular weight excluding hydrogens is 382 g/mol. The molecule has 2 amide bonds. The van der Waals surface area contributed by atoms with Gasteiger partial charge in [-0.3, -0.25) is 0 Å². The first kappa shape index (κ1) is 20.6. The number of carbonyl (C=O) groups excluding carboxylic acids is 1. The normalized spacial score (nSPS) is 20.7. The van der Waals surface area contributed by atoms with Gasteiger partial charge in [-0.15, -0.1) is 0 Å². The van der Waals surface area contributed by atoms with Gasteiger partial charge in [-0.05, 0) is 44.5 Å². The van der Waals surface area contributed by atoms with Crippen molar-refractivity contribution >= 4 is 17.5 Å². The minimum atomic E-state index is -0.409. The van der Waals surface area contributed by atoms with Crippen LogP contribution in [0.3, 0.4) is 0 Å². The molecule has 2 aliphatic heterocycles. The van der Waals surface area contributed by atoms with Gasteiger partial charge < -0.3 is 25.0 Å². The molecule has 1 aromatic heterocycles. The van der Waals surface area contributed by atoms with E-state index in [1.807, 2.05) is 31.2 Å². The summed E-state index contributed by atoms with van der Waals surface area (Å²) >= 11 is 0. The zero-order chi connectivity index (χ0) is 21.1. The SMILES string of the molecule is CCNC(=O)Nc1ccc(-c2nc(N3CCOCC3)c3c(n2)C(C)(CC)OC3)cc1. The molecular formula is C22H29N5O3. The first-order chi connectivity index (χ1) is 14.5. The second-order valence-corrected chi connectivity index (χ2v) is 7.73. The number of fused-ring (bicyclic) bond motifs is 1. The average Bonchev–Trinajstić information content (AvgIpc) is 3.12. The highest BCUT2D eigenvalue weighted by molar-refractivity contribution is 5.89. The molecule has 1 fully saturated rings. The number of urea groups is 1. The van der Waals surface area contributed by atoms with Crippen LogP contribution in [0.25, 0.3) is 11.4 Å². The molecule has 2 aliphatic rings. The number of nitrogens with zero attached hydrogens (tertiary/aromatic N) is 3. The minimum Gasteiger partial charge on any atom is -0.378 e. The molecule has 0 radical (unpaired) electrons. The van der Waals surface area contributed by atoms with E-state index in [2.05, 4.69) is 29.4 Å². The van der Waals surface area contributed by atoms with Crippen molar-refractivity contribution in [2.45, 2.75) is 39.4 Å². The van der Waals surface area contributed by atoms with Gasteiger partial charge in [-0.1, -0.05) is 6.92 Å². The molecule has 2 N–H and O–H groups in total. The number of benzene rings is 1. The highest BCUT2D eigenvalue weighted by atomic mass is 16.5. The fraction of sp³-hybridized carbons (Fsp3) is 0.500. The highest BCUT2D eigenvalue weighted by Crippen LogP contribution is 2.42. The third kappa shape index (κ3) is 3.97. The first-order valence-corrected chi connectivity index (χ1v) is 10.6. The predicted octanol–water partition coefficient (Wildman–Crippen LogP) is 3.28. The summed E-state index contributed by atoms with van der Waals surface area (Å²) in [5.74, 6) is 1.62. The van der Waals surface area contributed by atoms with E-state index < -0.39 is 5.60 Å². The number of aromatic nitrogens is 2. The van der Waals surface area contributed by atoms with Crippen molar-refractivity contribution in [2.24, 2.45) is 0 Å². The van der Waals surface area contributed by atoms with Crippen molar-refractivity contribution in [3.8, 4) is 11.4 Å². The lowest BCUT2D eigenvalue weighted by Crippen LogP contribution is -2.37. The number of hydrogen-bond donors (Lipinski definition) is 2. The monoisotopic (exact) mass is 411 g/mol. The van der Waals surface area contributed by atoms with Crippen molar-refractivity contribution in [2.75, 3.05) is 43.1 Å². The summed E-state index contributed by atoms with van der Waals surface area (Å²) in [6.07, 6.45) is 0.842. The maximum atomic E-state index is 11.7. The fourth-order valence-corrected chi connectivity index (χ4v) is 3.82. The standard InChI is InChI=1S/C22H29N5O3/c1-4-22(3)18-17(14-30-22)20(27-10-12-29-13-11-27)26-19(25-18)15-6-8-16(9-7-15)24-21(28)23-5-2/h6-9H,4-5,10-14H2,1-3H3,(H2,23,24,28). The Hall–Kier alpha value is -2.71. The third-order valence-corrected chi connectivity index (χ3v) is 5.74.